The largest absolute Gasteiger partial charge is 0.382 e. The van der Waals surface area contributed by atoms with Crippen molar-refractivity contribution in [2.45, 2.75) is 64.3 Å². The number of hydrogen-bond acceptors (Lipinski definition) is 2. The maximum Gasteiger partial charge on any atom is 0.0471 e. The highest BCUT2D eigenvalue weighted by Gasteiger charge is 2.36. The molecule has 2 aliphatic carbocycles. The van der Waals surface area contributed by atoms with Gasteiger partial charge in [0.2, 0.25) is 0 Å². The number of rotatable bonds is 7. The summed E-state index contributed by atoms with van der Waals surface area (Å²) in [6.45, 7) is 5.16. The van der Waals surface area contributed by atoms with Crippen molar-refractivity contribution in [3.63, 3.8) is 0 Å². The average Bonchev–Trinajstić information content (AvgIpc) is 2.73. The number of hydrogen-bond donors (Lipinski definition) is 1. The first kappa shape index (κ1) is 12.4. The highest BCUT2D eigenvalue weighted by Crippen LogP contribution is 2.43. The smallest absolute Gasteiger partial charge is 0.0471 e. The topological polar surface area (TPSA) is 21.3 Å². The second kappa shape index (κ2) is 6.02. The Morgan fingerprint density at radius 2 is 1.94 bits per heavy atom. The summed E-state index contributed by atoms with van der Waals surface area (Å²) in [6, 6.07) is 0.824. The highest BCUT2D eigenvalue weighted by atomic mass is 16.5. The molecule has 2 rings (SSSR count). The Morgan fingerprint density at radius 1 is 1.19 bits per heavy atom. The third-order valence-electron chi connectivity index (χ3n) is 4.52. The lowest BCUT2D eigenvalue weighted by Crippen LogP contribution is -2.43. The van der Waals surface area contributed by atoms with Crippen LogP contribution in [0.4, 0.5) is 0 Å². The van der Waals surface area contributed by atoms with Gasteiger partial charge in [0.15, 0.2) is 0 Å². The van der Waals surface area contributed by atoms with Crippen molar-refractivity contribution in [2.75, 3.05) is 19.8 Å². The van der Waals surface area contributed by atoms with Gasteiger partial charge in [0.25, 0.3) is 0 Å². The first-order chi connectivity index (χ1) is 7.85. The fourth-order valence-corrected chi connectivity index (χ4v) is 3.12. The molecular weight excluding hydrogens is 198 g/mol. The predicted octanol–water partition coefficient (Wildman–Crippen LogP) is 3.12. The van der Waals surface area contributed by atoms with E-state index in [2.05, 4.69) is 12.2 Å². The fraction of sp³-hybridized carbons (Fsp3) is 1.00. The van der Waals surface area contributed by atoms with E-state index in [9.17, 15) is 0 Å². The van der Waals surface area contributed by atoms with E-state index in [1.165, 1.54) is 57.9 Å². The van der Waals surface area contributed by atoms with Crippen LogP contribution in [0.1, 0.15) is 58.3 Å². The molecule has 2 fully saturated rings. The Bertz CT molecular complexity index is 195. The molecule has 0 spiro atoms. The predicted molar refractivity (Wildman–Crippen MR) is 67.7 cm³/mol. The van der Waals surface area contributed by atoms with Gasteiger partial charge in [-0.2, -0.15) is 0 Å². The zero-order valence-electron chi connectivity index (χ0n) is 10.8. The van der Waals surface area contributed by atoms with Crippen molar-refractivity contribution < 1.29 is 4.74 Å². The molecule has 0 unspecified atom stereocenters. The standard InChI is InChI=1S/C14H27NO/c1-2-16-11-10-14(8-5-9-14)12-15-13-6-3-4-7-13/h13,15H,2-12H2,1H3. The summed E-state index contributed by atoms with van der Waals surface area (Å²) < 4.78 is 5.51. The van der Waals surface area contributed by atoms with Crippen molar-refractivity contribution >= 4 is 0 Å². The van der Waals surface area contributed by atoms with Gasteiger partial charge in [0.1, 0.15) is 0 Å². The SMILES string of the molecule is CCOCCC1(CNC2CCCC2)CCC1. The van der Waals surface area contributed by atoms with E-state index < -0.39 is 0 Å². The minimum atomic E-state index is 0.595. The monoisotopic (exact) mass is 225 g/mol. The van der Waals surface area contributed by atoms with Gasteiger partial charge in [-0.3, -0.25) is 0 Å². The molecular formula is C14H27NO. The molecule has 1 N–H and O–H groups in total. The molecule has 0 atom stereocenters. The lowest BCUT2D eigenvalue weighted by Gasteiger charge is -2.43. The molecule has 0 bridgehead atoms. The van der Waals surface area contributed by atoms with Gasteiger partial charge >= 0.3 is 0 Å². The molecule has 2 heteroatoms. The Kier molecular flexibility index (Phi) is 4.66. The highest BCUT2D eigenvalue weighted by molar-refractivity contribution is 4.91. The molecule has 2 saturated carbocycles. The Hall–Kier alpha value is -0.0800. The first-order valence-corrected chi connectivity index (χ1v) is 7.16. The summed E-state index contributed by atoms with van der Waals surface area (Å²) in [5, 5.41) is 3.80. The summed E-state index contributed by atoms with van der Waals surface area (Å²) in [7, 11) is 0. The summed E-state index contributed by atoms with van der Waals surface area (Å²) in [5.41, 5.74) is 0.595. The lowest BCUT2D eigenvalue weighted by molar-refractivity contribution is 0.0520. The molecule has 16 heavy (non-hydrogen) atoms. The Balaban J connectivity index is 1.67. The summed E-state index contributed by atoms with van der Waals surface area (Å²) >= 11 is 0. The van der Waals surface area contributed by atoms with Gasteiger partial charge < -0.3 is 10.1 Å². The van der Waals surface area contributed by atoms with Crippen molar-refractivity contribution in [3.05, 3.63) is 0 Å². The van der Waals surface area contributed by atoms with Gasteiger partial charge in [-0.25, -0.2) is 0 Å². The molecule has 2 aliphatic rings. The van der Waals surface area contributed by atoms with Crippen LogP contribution in [0.25, 0.3) is 0 Å². The molecule has 0 radical (unpaired) electrons. The molecule has 0 amide bonds. The number of ether oxygens (including phenoxy) is 1. The average molecular weight is 225 g/mol. The minimum absolute atomic E-state index is 0.595. The van der Waals surface area contributed by atoms with E-state index in [0.29, 0.717) is 5.41 Å². The van der Waals surface area contributed by atoms with Crippen LogP contribution in [0.3, 0.4) is 0 Å². The van der Waals surface area contributed by atoms with Crippen LogP contribution in [-0.4, -0.2) is 25.8 Å². The lowest BCUT2D eigenvalue weighted by atomic mass is 9.66. The quantitative estimate of drug-likeness (QED) is 0.672. The van der Waals surface area contributed by atoms with Crippen LogP contribution in [0.15, 0.2) is 0 Å². The molecule has 94 valence electrons. The Morgan fingerprint density at radius 3 is 2.50 bits per heavy atom. The van der Waals surface area contributed by atoms with E-state index in [-0.39, 0.29) is 0 Å². The second-order valence-electron chi connectivity index (χ2n) is 5.66. The molecule has 0 saturated heterocycles. The summed E-state index contributed by atoms with van der Waals surface area (Å²) in [6.07, 6.45) is 11.2. The Labute approximate surface area is 100 Å². The summed E-state index contributed by atoms with van der Waals surface area (Å²) in [5.74, 6) is 0. The van der Waals surface area contributed by atoms with Crippen molar-refractivity contribution in [3.8, 4) is 0 Å². The fourth-order valence-electron chi connectivity index (χ4n) is 3.12. The normalized spacial score (nSPS) is 24.6. The van der Waals surface area contributed by atoms with Gasteiger partial charge in [-0.15, -0.1) is 0 Å². The van der Waals surface area contributed by atoms with Gasteiger partial charge in [0, 0.05) is 25.8 Å². The zero-order chi connectivity index (χ0) is 11.3. The van der Waals surface area contributed by atoms with Gasteiger partial charge in [0.05, 0.1) is 0 Å². The van der Waals surface area contributed by atoms with Crippen LogP contribution in [0, 0.1) is 5.41 Å². The molecule has 0 aromatic rings. The second-order valence-corrected chi connectivity index (χ2v) is 5.66. The van der Waals surface area contributed by atoms with Crippen molar-refractivity contribution in [1.82, 2.24) is 5.32 Å². The van der Waals surface area contributed by atoms with Gasteiger partial charge in [-0.1, -0.05) is 19.3 Å². The molecule has 0 aliphatic heterocycles. The van der Waals surface area contributed by atoms with Crippen LogP contribution in [0.5, 0.6) is 0 Å². The van der Waals surface area contributed by atoms with E-state index in [1.807, 2.05) is 0 Å². The first-order valence-electron chi connectivity index (χ1n) is 7.16. The molecule has 0 aromatic carbocycles. The third-order valence-corrected chi connectivity index (χ3v) is 4.52. The zero-order valence-corrected chi connectivity index (χ0v) is 10.8. The van der Waals surface area contributed by atoms with Crippen molar-refractivity contribution in [1.29, 1.82) is 0 Å². The van der Waals surface area contributed by atoms with Crippen LogP contribution >= 0.6 is 0 Å². The molecule has 0 aromatic heterocycles. The van der Waals surface area contributed by atoms with Crippen LogP contribution in [0.2, 0.25) is 0 Å². The molecule has 2 nitrogen and oxygen atoms in total. The third kappa shape index (κ3) is 3.21. The maximum atomic E-state index is 5.51. The minimum Gasteiger partial charge on any atom is -0.382 e. The van der Waals surface area contributed by atoms with E-state index in [0.717, 1.165) is 19.3 Å². The summed E-state index contributed by atoms with van der Waals surface area (Å²) in [4.78, 5) is 0. The number of nitrogens with one attached hydrogen (secondary N) is 1. The maximum absolute atomic E-state index is 5.51. The van der Waals surface area contributed by atoms with E-state index >= 15 is 0 Å². The molecule has 0 heterocycles. The van der Waals surface area contributed by atoms with E-state index in [1.54, 1.807) is 0 Å². The van der Waals surface area contributed by atoms with E-state index in [4.69, 9.17) is 4.74 Å². The van der Waals surface area contributed by atoms with Crippen molar-refractivity contribution in [2.24, 2.45) is 5.41 Å². The van der Waals surface area contributed by atoms with Crippen LogP contribution < -0.4 is 5.32 Å². The van der Waals surface area contributed by atoms with Crippen LogP contribution in [-0.2, 0) is 4.74 Å². The van der Waals surface area contributed by atoms with Gasteiger partial charge in [-0.05, 0) is 44.4 Å².